The molecule has 0 unspecified atom stereocenters. The Labute approximate surface area is 458 Å². The molecule has 0 saturated carbocycles. The molecule has 0 aromatic heterocycles. The average molecular weight is 1130 g/mol. The number of aliphatic imine (C=N–C) groups is 1. The van der Waals surface area contributed by atoms with Gasteiger partial charge in [-0.25, -0.2) is 4.79 Å². The predicted molar refractivity (Wildman–Crippen MR) is 280 cm³/mol. The number of primary amides is 2. The predicted octanol–water partition coefficient (Wildman–Crippen LogP) is -7.37. The van der Waals surface area contributed by atoms with Crippen molar-refractivity contribution in [3.63, 3.8) is 0 Å². The van der Waals surface area contributed by atoms with E-state index in [0.29, 0.717) is 11.1 Å². The van der Waals surface area contributed by atoms with Crippen LogP contribution < -0.4 is 65.9 Å². The summed E-state index contributed by atoms with van der Waals surface area (Å²) in [6.45, 7) is -1.17. The maximum Gasteiger partial charge on any atom is 0.328 e. The molecular formula is C49H72N14O17. The van der Waals surface area contributed by atoms with Gasteiger partial charge in [0.05, 0.1) is 25.4 Å². The fourth-order valence-electron chi connectivity index (χ4n) is 8.07. The van der Waals surface area contributed by atoms with E-state index in [-0.39, 0.29) is 81.9 Å². The van der Waals surface area contributed by atoms with E-state index in [1.165, 1.54) is 48.5 Å². The number of phenolic OH excluding ortho intramolecular Hbond substituents is 2. The first-order valence-corrected chi connectivity index (χ1v) is 25.2. The molecule has 2 aromatic carbocycles. The number of benzene rings is 2. The largest absolute Gasteiger partial charge is 0.508 e. The molecule has 1 heterocycles. The van der Waals surface area contributed by atoms with Crippen LogP contribution in [-0.4, -0.2) is 193 Å². The van der Waals surface area contributed by atoms with E-state index in [1.807, 2.05) is 0 Å². The number of guanidine groups is 1. The number of aliphatic hydroxyl groups is 3. The van der Waals surface area contributed by atoms with Gasteiger partial charge in [0, 0.05) is 38.8 Å². The van der Waals surface area contributed by atoms with Crippen molar-refractivity contribution in [2.75, 3.05) is 26.3 Å². The first kappa shape index (κ1) is 65.6. The van der Waals surface area contributed by atoms with Gasteiger partial charge in [0.25, 0.3) is 0 Å². The summed E-state index contributed by atoms with van der Waals surface area (Å²) < 4.78 is 0. The maximum atomic E-state index is 14.5. The third-order valence-electron chi connectivity index (χ3n) is 12.4. The first-order chi connectivity index (χ1) is 37.7. The standard InChI is InChI=1S/C49H72N14O17/c1-24(66)39(48(79)80)62-43(74)33(21-26-8-12-28(68)13-9-26)59-46(77)36-5-3-19-63(36)47(78)31(4-2-18-55-49(53)54)57-44(75)34(22-64)61-42(73)32(20-25-6-10-27(67)11-7-25)58-45(76)35(23-65)60-41(72)30(15-17-38(52)70)56-40(71)29(50)14-16-37(51)69/h6-13,24,29-36,39,64-68H,2-5,14-23,50H2,1H3,(H2,51,69)(H2,52,70)(H,56,71)(H,57,75)(H,58,76)(H,59,77)(H,60,72)(H,61,73)(H,62,74)(H,79,80)(H4,53,54,55)/t24-,29+,30+,31+,32+,33+,34+,35+,36+,39+/m1/s1. The molecule has 10 atom stereocenters. The number of phenols is 2. The van der Waals surface area contributed by atoms with Crippen LogP contribution in [0.5, 0.6) is 11.5 Å². The van der Waals surface area contributed by atoms with E-state index in [1.54, 1.807) is 0 Å². The van der Waals surface area contributed by atoms with Crippen molar-refractivity contribution in [2.24, 2.45) is 33.7 Å². The summed E-state index contributed by atoms with van der Waals surface area (Å²) >= 11 is 0. The summed E-state index contributed by atoms with van der Waals surface area (Å²) in [5.41, 5.74) is 27.9. The highest BCUT2D eigenvalue weighted by atomic mass is 16.4. The second kappa shape index (κ2) is 32.3. The smallest absolute Gasteiger partial charge is 0.328 e. The van der Waals surface area contributed by atoms with E-state index in [2.05, 4.69) is 42.2 Å². The topological polar surface area (TPSA) is 539 Å². The number of rotatable bonds is 33. The Balaban J connectivity index is 1.89. The maximum absolute atomic E-state index is 14.5. The minimum Gasteiger partial charge on any atom is -0.508 e. The number of likely N-dealkylation sites (tertiary alicyclic amines) is 1. The fraction of sp³-hybridized carbons (Fsp3) is 0.510. The number of carboxylic acids is 1. The van der Waals surface area contributed by atoms with Crippen LogP contribution in [0, 0.1) is 0 Å². The minimum atomic E-state index is -1.86. The lowest BCUT2D eigenvalue weighted by atomic mass is 10.0. The number of nitrogens with two attached hydrogens (primary N) is 5. The van der Waals surface area contributed by atoms with E-state index >= 15 is 0 Å². The second-order valence-electron chi connectivity index (χ2n) is 18.8. The molecule has 0 radical (unpaired) electrons. The zero-order chi connectivity index (χ0) is 59.8. The lowest BCUT2D eigenvalue weighted by molar-refractivity contribution is -0.145. The number of hydrogen-bond acceptors (Lipinski definition) is 18. The Hall–Kier alpha value is -8.68. The number of carbonyl (C=O) groups is 11. The van der Waals surface area contributed by atoms with Crippen molar-refractivity contribution in [2.45, 2.75) is 132 Å². The molecule has 80 heavy (non-hydrogen) atoms. The van der Waals surface area contributed by atoms with Crippen molar-refractivity contribution in [1.82, 2.24) is 42.1 Å². The minimum absolute atomic E-state index is 0.0432. The van der Waals surface area contributed by atoms with Crippen LogP contribution in [0.1, 0.15) is 69.4 Å². The summed E-state index contributed by atoms with van der Waals surface area (Å²) in [5, 5.41) is 76.6. The lowest BCUT2D eigenvalue weighted by Gasteiger charge is -2.31. The Bertz CT molecular complexity index is 2530. The number of nitrogens with one attached hydrogen (secondary N) is 7. The molecule has 1 aliphatic heterocycles. The molecule has 10 amide bonds. The van der Waals surface area contributed by atoms with E-state index in [0.717, 1.165) is 11.8 Å². The molecule has 3 rings (SSSR count). The highest BCUT2D eigenvalue weighted by Gasteiger charge is 2.41. The first-order valence-electron chi connectivity index (χ1n) is 25.2. The van der Waals surface area contributed by atoms with Crippen LogP contribution in [0.4, 0.5) is 0 Å². The molecule has 1 saturated heterocycles. The van der Waals surface area contributed by atoms with E-state index < -0.39 is 152 Å². The summed E-state index contributed by atoms with van der Waals surface area (Å²) in [6, 6.07) is -3.53. The zero-order valence-corrected chi connectivity index (χ0v) is 43.7. The number of aliphatic hydroxyl groups excluding tert-OH is 3. The van der Waals surface area contributed by atoms with Crippen molar-refractivity contribution >= 4 is 71.0 Å². The molecule has 1 fully saturated rings. The number of hydrogen-bond donors (Lipinski definition) is 18. The molecule has 23 N–H and O–H groups in total. The van der Waals surface area contributed by atoms with Gasteiger partial charge in [0.1, 0.15) is 53.8 Å². The van der Waals surface area contributed by atoms with Crippen LogP contribution in [0.15, 0.2) is 53.5 Å². The summed E-state index contributed by atoms with van der Waals surface area (Å²) in [7, 11) is 0. The van der Waals surface area contributed by atoms with Gasteiger partial charge < -0.3 is 101 Å². The lowest BCUT2D eigenvalue weighted by Crippen LogP contribution is -2.61. The summed E-state index contributed by atoms with van der Waals surface area (Å²) in [5.74, 6) is -12.0. The Morgan fingerprint density at radius 3 is 1.51 bits per heavy atom. The molecule has 0 aliphatic carbocycles. The van der Waals surface area contributed by atoms with E-state index in [4.69, 9.17) is 28.7 Å². The number of amides is 10. The highest BCUT2D eigenvalue weighted by molar-refractivity contribution is 5.98. The van der Waals surface area contributed by atoms with Crippen LogP contribution in [0.3, 0.4) is 0 Å². The Kier molecular flexibility index (Phi) is 26.5. The monoisotopic (exact) mass is 1130 g/mol. The van der Waals surface area contributed by atoms with Gasteiger partial charge in [-0.05, 0) is 80.8 Å². The van der Waals surface area contributed by atoms with Gasteiger partial charge in [-0.1, -0.05) is 24.3 Å². The molecule has 0 spiro atoms. The number of nitrogens with zero attached hydrogens (tertiary/aromatic N) is 2. The quantitative estimate of drug-likeness (QED) is 0.0179. The number of carboxylic acid groups (broad SMARTS) is 1. The molecule has 31 nitrogen and oxygen atoms in total. The van der Waals surface area contributed by atoms with E-state index in [9.17, 15) is 83.4 Å². The summed E-state index contributed by atoms with van der Waals surface area (Å²) in [4.78, 5) is 150. The van der Waals surface area contributed by atoms with Gasteiger partial charge >= 0.3 is 5.97 Å². The van der Waals surface area contributed by atoms with Crippen molar-refractivity contribution < 1.29 is 83.4 Å². The molecular weight excluding hydrogens is 1060 g/mol. The van der Waals surface area contributed by atoms with Crippen LogP contribution in [0.25, 0.3) is 0 Å². The zero-order valence-electron chi connectivity index (χ0n) is 43.7. The second-order valence-corrected chi connectivity index (χ2v) is 18.8. The van der Waals surface area contributed by atoms with Crippen LogP contribution >= 0.6 is 0 Å². The van der Waals surface area contributed by atoms with Crippen LogP contribution in [0.2, 0.25) is 0 Å². The van der Waals surface area contributed by atoms with Gasteiger partial charge in [0.2, 0.25) is 59.1 Å². The van der Waals surface area contributed by atoms with Crippen molar-refractivity contribution in [3.05, 3.63) is 59.7 Å². The summed E-state index contributed by atoms with van der Waals surface area (Å²) in [6.07, 6.45) is -3.36. The Morgan fingerprint density at radius 1 is 0.600 bits per heavy atom. The van der Waals surface area contributed by atoms with Gasteiger partial charge in [-0.3, -0.25) is 52.9 Å². The fourth-order valence-corrected chi connectivity index (χ4v) is 8.07. The van der Waals surface area contributed by atoms with Gasteiger partial charge in [-0.2, -0.15) is 0 Å². The van der Waals surface area contributed by atoms with Gasteiger partial charge in [-0.15, -0.1) is 0 Å². The highest BCUT2D eigenvalue weighted by Crippen LogP contribution is 2.21. The normalized spacial score (nSPS) is 16.3. The molecule has 440 valence electrons. The molecule has 0 bridgehead atoms. The molecule has 2 aromatic rings. The number of aromatic hydroxyl groups is 2. The molecule has 1 aliphatic rings. The average Bonchev–Trinajstić information content (AvgIpc) is 3.90. The Morgan fingerprint density at radius 2 is 1.04 bits per heavy atom. The van der Waals surface area contributed by atoms with Crippen molar-refractivity contribution in [1.29, 1.82) is 0 Å². The number of carbonyl (C=O) groups excluding carboxylic acids is 10. The number of aliphatic carboxylic acids is 1. The van der Waals surface area contributed by atoms with Crippen LogP contribution in [-0.2, 0) is 65.6 Å². The van der Waals surface area contributed by atoms with Crippen molar-refractivity contribution in [3.8, 4) is 11.5 Å². The third kappa shape index (κ3) is 21.6. The SMILES string of the molecule is C[C@@H](O)[C@H](NC(=O)[C@H](Cc1ccc(O)cc1)NC(=O)[C@@H]1CCCN1C(=O)[C@H](CCCN=C(N)N)NC(=O)[C@H](CO)NC(=O)[C@H](Cc1ccc(O)cc1)NC(=O)[C@H](CO)NC(=O)[C@H](CCC(N)=O)NC(=O)[C@@H](N)CCC(N)=O)C(=O)O. The third-order valence-corrected chi connectivity index (χ3v) is 12.4. The van der Waals surface area contributed by atoms with Gasteiger partial charge in [0.15, 0.2) is 12.0 Å². The molecule has 31 heteroatoms.